The molecule has 0 aromatic heterocycles. The van der Waals surface area contributed by atoms with Gasteiger partial charge >= 0.3 is 0 Å². The molecule has 0 saturated heterocycles. The van der Waals surface area contributed by atoms with Crippen LogP contribution in [0.15, 0.2) is 36.4 Å². The summed E-state index contributed by atoms with van der Waals surface area (Å²) in [5, 5.41) is 0.367. The average molecular weight is 276 g/mol. The van der Waals surface area contributed by atoms with Gasteiger partial charge in [0.05, 0.1) is 12.1 Å². The van der Waals surface area contributed by atoms with Crippen molar-refractivity contribution < 1.29 is 9.53 Å². The van der Waals surface area contributed by atoms with E-state index in [2.05, 4.69) is 0 Å². The maximum Gasteiger partial charge on any atom is 0.194 e. The highest BCUT2D eigenvalue weighted by Gasteiger charge is 2.15. The number of rotatable bonds is 3. The van der Waals surface area contributed by atoms with Crippen LogP contribution in [0.4, 0.5) is 5.69 Å². The van der Waals surface area contributed by atoms with E-state index in [0.717, 1.165) is 5.56 Å². The molecule has 2 aromatic rings. The number of aryl methyl sites for hydroxylation is 1. The Morgan fingerprint density at radius 3 is 2.53 bits per heavy atom. The lowest BCUT2D eigenvalue weighted by atomic mass is 9.98. The molecule has 0 heterocycles. The van der Waals surface area contributed by atoms with Gasteiger partial charge in [-0.1, -0.05) is 17.7 Å². The number of benzene rings is 2. The summed E-state index contributed by atoms with van der Waals surface area (Å²) in [5.41, 5.74) is 8.15. The second-order valence-electron chi connectivity index (χ2n) is 4.25. The van der Waals surface area contributed by atoms with Crippen molar-refractivity contribution in [3.63, 3.8) is 0 Å². The van der Waals surface area contributed by atoms with Crippen LogP contribution in [0.25, 0.3) is 0 Å². The third-order valence-corrected chi connectivity index (χ3v) is 3.24. The zero-order chi connectivity index (χ0) is 14.0. The zero-order valence-corrected chi connectivity index (χ0v) is 11.5. The first-order valence-electron chi connectivity index (χ1n) is 5.77. The topological polar surface area (TPSA) is 52.3 Å². The fraction of sp³-hybridized carbons (Fsp3) is 0.133. The zero-order valence-electron chi connectivity index (χ0n) is 10.7. The Bertz CT molecular complexity index is 638. The molecule has 2 rings (SSSR count). The van der Waals surface area contributed by atoms with E-state index in [1.807, 2.05) is 13.0 Å². The lowest BCUT2D eigenvalue weighted by Gasteiger charge is -2.09. The summed E-state index contributed by atoms with van der Waals surface area (Å²) in [6, 6.07) is 10.2. The first-order chi connectivity index (χ1) is 9.02. The molecular formula is C15H14ClNO2. The third-order valence-electron chi connectivity index (χ3n) is 2.93. The SMILES string of the molecule is COc1ccc(C(=O)c2cc(N)ccc2C)c(Cl)c1. The first kappa shape index (κ1) is 13.4. The third kappa shape index (κ3) is 2.71. The van der Waals surface area contributed by atoms with Crippen LogP contribution < -0.4 is 10.5 Å². The predicted molar refractivity (Wildman–Crippen MR) is 77.0 cm³/mol. The highest BCUT2D eigenvalue weighted by Crippen LogP contribution is 2.26. The highest BCUT2D eigenvalue weighted by molar-refractivity contribution is 6.35. The van der Waals surface area contributed by atoms with E-state index in [1.165, 1.54) is 0 Å². The van der Waals surface area contributed by atoms with Crippen LogP contribution in [-0.2, 0) is 0 Å². The van der Waals surface area contributed by atoms with Crippen molar-refractivity contribution in [2.45, 2.75) is 6.92 Å². The standard InChI is InChI=1S/C15H14ClNO2/c1-9-3-4-10(17)7-13(9)15(18)12-6-5-11(19-2)8-14(12)16/h3-8H,17H2,1-2H3. The Kier molecular flexibility index (Phi) is 3.76. The first-order valence-corrected chi connectivity index (χ1v) is 6.15. The fourth-order valence-corrected chi connectivity index (χ4v) is 2.09. The van der Waals surface area contributed by atoms with Crippen molar-refractivity contribution in [1.82, 2.24) is 0 Å². The normalized spacial score (nSPS) is 10.3. The number of ketones is 1. The van der Waals surface area contributed by atoms with Crippen molar-refractivity contribution >= 4 is 23.1 Å². The molecule has 4 heteroatoms. The molecule has 0 amide bonds. The predicted octanol–water partition coefficient (Wildman–Crippen LogP) is 3.47. The fourth-order valence-electron chi connectivity index (χ4n) is 1.84. The maximum absolute atomic E-state index is 12.5. The number of hydrogen-bond donors (Lipinski definition) is 1. The molecule has 2 N–H and O–H groups in total. The number of ether oxygens (including phenoxy) is 1. The van der Waals surface area contributed by atoms with Gasteiger partial charge in [0, 0.05) is 16.8 Å². The molecule has 19 heavy (non-hydrogen) atoms. The number of anilines is 1. The lowest BCUT2D eigenvalue weighted by Crippen LogP contribution is -2.05. The molecule has 0 aliphatic rings. The van der Waals surface area contributed by atoms with Crippen molar-refractivity contribution in [3.05, 3.63) is 58.1 Å². The summed E-state index contributed by atoms with van der Waals surface area (Å²) < 4.78 is 5.06. The van der Waals surface area contributed by atoms with Crippen molar-refractivity contribution in [1.29, 1.82) is 0 Å². The van der Waals surface area contributed by atoms with Gasteiger partial charge in [0.1, 0.15) is 5.75 Å². The smallest absolute Gasteiger partial charge is 0.194 e. The number of hydrogen-bond acceptors (Lipinski definition) is 3. The molecule has 3 nitrogen and oxygen atoms in total. The quantitative estimate of drug-likeness (QED) is 0.689. The Morgan fingerprint density at radius 2 is 1.89 bits per heavy atom. The van der Waals surface area contributed by atoms with Crippen LogP contribution >= 0.6 is 11.6 Å². The van der Waals surface area contributed by atoms with Gasteiger partial charge in [0.2, 0.25) is 0 Å². The van der Waals surface area contributed by atoms with Gasteiger partial charge in [-0.2, -0.15) is 0 Å². The summed E-state index contributed by atoms with van der Waals surface area (Å²) >= 11 is 6.11. The molecule has 0 spiro atoms. The maximum atomic E-state index is 12.5. The number of halogens is 1. The summed E-state index contributed by atoms with van der Waals surface area (Å²) in [6.07, 6.45) is 0. The Labute approximate surface area is 117 Å². The van der Waals surface area contributed by atoms with Gasteiger partial charge in [0.25, 0.3) is 0 Å². The van der Waals surface area contributed by atoms with Crippen LogP contribution in [0.1, 0.15) is 21.5 Å². The molecule has 0 unspecified atom stereocenters. The molecule has 0 radical (unpaired) electrons. The van der Waals surface area contributed by atoms with Crippen molar-refractivity contribution in [2.24, 2.45) is 0 Å². The summed E-state index contributed by atoms with van der Waals surface area (Å²) in [7, 11) is 1.55. The lowest BCUT2D eigenvalue weighted by molar-refractivity contribution is 0.103. The largest absolute Gasteiger partial charge is 0.497 e. The van der Waals surface area contributed by atoms with E-state index in [9.17, 15) is 4.79 Å². The van der Waals surface area contributed by atoms with Crippen molar-refractivity contribution in [3.8, 4) is 5.75 Å². The molecule has 0 bridgehead atoms. The minimum Gasteiger partial charge on any atom is -0.497 e. The average Bonchev–Trinajstić information content (AvgIpc) is 2.40. The van der Waals surface area contributed by atoms with E-state index < -0.39 is 0 Å². The number of carbonyl (C=O) groups excluding carboxylic acids is 1. The van der Waals surface area contributed by atoms with Gasteiger partial charge in [-0.3, -0.25) is 4.79 Å². The molecule has 0 saturated carbocycles. The molecule has 0 fully saturated rings. The van der Waals surface area contributed by atoms with E-state index in [0.29, 0.717) is 27.6 Å². The van der Waals surface area contributed by atoms with Crippen molar-refractivity contribution in [2.75, 3.05) is 12.8 Å². The highest BCUT2D eigenvalue weighted by atomic mass is 35.5. The minimum atomic E-state index is -0.141. The van der Waals surface area contributed by atoms with Gasteiger partial charge in [0.15, 0.2) is 5.78 Å². The molecule has 2 aromatic carbocycles. The van der Waals surface area contributed by atoms with Crippen LogP contribution in [0.5, 0.6) is 5.75 Å². The summed E-state index contributed by atoms with van der Waals surface area (Å²) in [4.78, 5) is 12.5. The Hall–Kier alpha value is -2.00. The van der Waals surface area contributed by atoms with E-state index in [4.69, 9.17) is 22.1 Å². The Morgan fingerprint density at radius 1 is 1.16 bits per heavy atom. The number of nitrogens with two attached hydrogens (primary N) is 1. The molecule has 0 aliphatic heterocycles. The van der Waals surface area contributed by atoms with E-state index in [-0.39, 0.29) is 5.78 Å². The minimum absolute atomic E-state index is 0.141. The second kappa shape index (κ2) is 5.33. The summed E-state index contributed by atoms with van der Waals surface area (Å²) in [6.45, 7) is 1.87. The van der Waals surface area contributed by atoms with Crippen LogP contribution in [-0.4, -0.2) is 12.9 Å². The van der Waals surface area contributed by atoms with E-state index in [1.54, 1.807) is 37.4 Å². The summed E-state index contributed by atoms with van der Waals surface area (Å²) in [5.74, 6) is 0.475. The van der Waals surface area contributed by atoms with E-state index >= 15 is 0 Å². The number of nitrogen functional groups attached to an aromatic ring is 1. The number of methoxy groups -OCH3 is 1. The number of carbonyl (C=O) groups is 1. The molecule has 0 aliphatic carbocycles. The van der Waals surface area contributed by atoms with Crippen LogP contribution in [0.3, 0.4) is 0 Å². The molecule has 98 valence electrons. The second-order valence-corrected chi connectivity index (χ2v) is 4.66. The van der Waals surface area contributed by atoms with Crippen LogP contribution in [0, 0.1) is 6.92 Å². The van der Waals surface area contributed by atoms with Crippen LogP contribution in [0.2, 0.25) is 5.02 Å². The monoisotopic (exact) mass is 275 g/mol. The molecular weight excluding hydrogens is 262 g/mol. The van der Waals surface area contributed by atoms with Gasteiger partial charge in [-0.05, 0) is 42.8 Å². The van der Waals surface area contributed by atoms with Gasteiger partial charge in [-0.25, -0.2) is 0 Å². The van der Waals surface area contributed by atoms with Gasteiger partial charge < -0.3 is 10.5 Å². The Balaban J connectivity index is 2.47. The molecule has 0 atom stereocenters. The van der Waals surface area contributed by atoms with Gasteiger partial charge in [-0.15, -0.1) is 0 Å².